The quantitative estimate of drug-likeness (QED) is 0.160. The van der Waals surface area contributed by atoms with E-state index in [1.54, 1.807) is 0 Å². The van der Waals surface area contributed by atoms with Gasteiger partial charge in [-0.2, -0.15) is 0 Å². The van der Waals surface area contributed by atoms with Crippen LogP contribution in [0.5, 0.6) is 11.5 Å². The van der Waals surface area contributed by atoms with Gasteiger partial charge in [0.15, 0.2) is 0 Å². The summed E-state index contributed by atoms with van der Waals surface area (Å²) >= 11 is 2.56. The monoisotopic (exact) mass is 1040 g/mol. The predicted octanol–water partition coefficient (Wildman–Crippen LogP) is 15.8. The number of para-hydroxylation sites is 2. The molecule has 0 unspecified atom stereocenters. The van der Waals surface area contributed by atoms with Crippen LogP contribution in [0.2, 0.25) is 0 Å². The van der Waals surface area contributed by atoms with Crippen molar-refractivity contribution in [2.45, 2.75) is 111 Å². The Morgan fingerprint density at radius 3 is 1.69 bits per heavy atom. The van der Waals surface area contributed by atoms with Crippen LogP contribution in [-0.4, -0.2) is 19.7 Å². The van der Waals surface area contributed by atoms with E-state index in [0.717, 1.165) is 62.1 Å². The summed E-state index contributed by atoms with van der Waals surface area (Å²) in [5, 5.41) is 0. The molecule has 5 nitrogen and oxygen atoms in total. The molecule has 0 aliphatic carbocycles. The van der Waals surface area contributed by atoms with Gasteiger partial charge in [0.2, 0.25) is 0 Å². The number of rotatable bonds is 7. The standard InChI is InChI=1S/C59H62N4O.Pt/c1-56(2,3)43-29-31-60-54(36-43)63-53-38-47(27-26-42(53)28-30-59(63,10)11)64-48-33-44(57(4,5)6)32-46(37-48)61-39-62(52-25-19-18-24-51(52)61)55-49(40-20-14-12-15-21-40)34-45(58(7,8)9)35-50(55)41-22-16-13-17-23-41;/h12-27,29,31-38H,28,30H2,1-11H3;. The Labute approximate surface area is 397 Å². The number of anilines is 2. The van der Waals surface area contributed by atoms with E-state index in [1.807, 2.05) is 6.20 Å². The van der Waals surface area contributed by atoms with E-state index in [4.69, 9.17) is 9.72 Å². The zero-order valence-electron chi connectivity index (χ0n) is 39.9. The van der Waals surface area contributed by atoms with Crippen molar-refractivity contribution in [3.63, 3.8) is 0 Å². The Hall–Kier alpha value is -5.77. The van der Waals surface area contributed by atoms with Crippen molar-refractivity contribution >= 4 is 22.5 Å². The Morgan fingerprint density at radius 1 is 0.554 bits per heavy atom. The molecule has 8 aromatic rings. The van der Waals surface area contributed by atoms with Gasteiger partial charge in [0, 0.05) is 6.20 Å². The van der Waals surface area contributed by atoms with Crippen LogP contribution in [0.15, 0.2) is 152 Å². The third kappa shape index (κ3) is 8.61. The molecular weight excluding hydrogens is 976 g/mol. The Balaban J connectivity index is 1.23. The number of nitrogens with zero attached hydrogens (tertiary/aromatic N) is 4. The summed E-state index contributed by atoms with van der Waals surface area (Å²) < 4.78 is 13.0. The molecule has 1 aliphatic heterocycles. The third-order valence-corrected chi connectivity index (χ3v) is 14.1. The average Bonchev–Trinajstić information content (AvgIpc) is 3.56. The number of aryl methyl sites for hydroxylation is 1. The van der Waals surface area contributed by atoms with Gasteiger partial charge < -0.3 is 0 Å². The van der Waals surface area contributed by atoms with Crippen molar-refractivity contribution in [2.75, 3.05) is 4.90 Å². The van der Waals surface area contributed by atoms with E-state index < -0.39 is 0 Å². The number of imidazole rings is 1. The van der Waals surface area contributed by atoms with Crippen LogP contribution >= 0.6 is 0 Å². The maximum atomic E-state index is 7.05. The van der Waals surface area contributed by atoms with Crippen LogP contribution in [0.25, 0.3) is 44.7 Å². The van der Waals surface area contributed by atoms with E-state index in [2.05, 4.69) is 255 Å². The van der Waals surface area contributed by atoms with Gasteiger partial charge in [0.05, 0.1) is 0 Å². The third-order valence-electron chi connectivity index (χ3n) is 13.1. The molecule has 9 rings (SSSR count). The second-order valence-corrected chi connectivity index (χ2v) is 22.5. The molecule has 0 radical (unpaired) electrons. The minimum atomic E-state index is -0.150. The first-order chi connectivity index (χ1) is 30.8. The fraction of sp³-hybridized carbons (Fsp3) is 0.288. The Morgan fingerprint density at radius 2 is 1.11 bits per heavy atom. The Bertz CT molecular complexity index is 3060. The first-order valence-corrected chi connectivity index (χ1v) is 24.1. The molecule has 0 bridgehead atoms. The van der Waals surface area contributed by atoms with Gasteiger partial charge in [-0.15, -0.1) is 0 Å². The number of aromatic nitrogens is 3. The summed E-state index contributed by atoms with van der Waals surface area (Å²) in [6, 6.07) is 53.2. The topological polar surface area (TPSA) is 35.2 Å². The number of ether oxygens (including phenoxy) is 1. The van der Waals surface area contributed by atoms with Crippen molar-refractivity contribution in [3.05, 3.63) is 178 Å². The van der Waals surface area contributed by atoms with Crippen molar-refractivity contribution < 1.29 is 24.1 Å². The normalized spacial score (nSPS) is 14.1. The minimum absolute atomic E-state index is 0.00854. The molecule has 0 fully saturated rings. The average molecular weight is 1040 g/mol. The van der Waals surface area contributed by atoms with Gasteiger partial charge in [-0.3, -0.25) is 0 Å². The molecule has 0 spiro atoms. The molecule has 6 heteroatoms. The van der Waals surface area contributed by atoms with Gasteiger partial charge in [-0.1, -0.05) is 20.8 Å². The van der Waals surface area contributed by atoms with Crippen LogP contribution in [0.4, 0.5) is 11.5 Å². The molecule has 3 heterocycles. The van der Waals surface area contributed by atoms with Crippen molar-refractivity contribution in [1.82, 2.24) is 14.1 Å². The fourth-order valence-electron chi connectivity index (χ4n) is 9.24. The molecule has 6 aromatic carbocycles. The molecule has 0 N–H and O–H groups in total. The van der Waals surface area contributed by atoms with E-state index in [0.29, 0.717) is 0 Å². The zero-order valence-corrected chi connectivity index (χ0v) is 42.1. The molecule has 334 valence electrons. The first-order valence-electron chi connectivity index (χ1n) is 23.0. The molecule has 2 aromatic heterocycles. The van der Waals surface area contributed by atoms with Crippen LogP contribution in [0.3, 0.4) is 0 Å². The number of hydrogen-bond acceptors (Lipinski definition) is 3. The van der Waals surface area contributed by atoms with Crippen LogP contribution < -0.4 is 9.64 Å². The summed E-state index contributed by atoms with van der Waals surface area (Å²) in [7, 11) is 0. The SMILES string of the molecule is CC(C)(C)c1cc(Oc2ccc3c(c2)N(c2cc(C(C)(C)C)ccn2)C(C)(C)CC3)cc(-n2[c](=[Pt])n(-c3c(-c4ccccc4)cc(C(C)(C)C)cc3-c3ccccc3)c3ccccc32)c1. The molecule has 0 amide bonds. The number of pyridine rings is 1. The van der Waals surface area contributed by atoms with Gasteiger partial charge in [0.25, 0.3) is 0 Å². The number of hydrogen-bond donors (Lipinski definition) is 0. The second kappa shape index (κ2) is 16.6. The van der Waals surface area contributed by atoms with Crippen LogP contribution in [-0.2, 0) is 42.0 Å². The molecule has 0 saturated heterocycles. The van der Waals surface area contributed by atoms with Crippen LogP contribution in [0, 0.1) is 3.80 Å². The van der Waals surface area contributed by atoms with E-state index in [1.165, 1.54) is 44.5 Å². The molecule has 0 atom stereocenters. The fourth-order valence-corrected chi connectivity index (χ4v) is 10.3. The molecule has 65 heavy (non-hydrogen) atoms. The van der Waals surface area contributed by atoms with Gasteiger partial charge in [-0.05, 0) is 17.0 Å². The summed E-state index contributed by atoms with van der Waals surface area (Å²) in [4.78, 5) is 7.40. The summed E-state index contributed by atoms with van der Waals surface area (Å²) in [5.41, 5.74) is 15.1. The Kier molecular flexibility index (Phi) is 11.3. The van der Waals surface area contributed by atoms with E-state index in [9.17, 15) is 0 Å². The zero-order chi connectivity index (χ0) is 46.1. The first kappa shape index (κ1) is 44.4. The second-order valence-electron chi connectivity index (χ2n) is 21.5. The van der Waals surface area contributed by atoms with Gasteiger partial charge in [0.1, 0.15) is 0 Å². The van der Waals surface area contributed by atoms with Gasteiger partial charge in [-0.25, -0.2) is 0 Å². The molecular formula is C59H62N4OPt. The summed E-state index contributed by atoms with van der Waals surface area (Å²) in [5.74, 6) is 2.57. The van der Waals surface area contributed by atoms with Crippen molar-refractivity contribution in [1.29, 1.82) is 0 Å². The maximum absolute atomic E-state index is 7.05. The van der Waals surface area contributed by atoms with Crippen LogP contribution in [0.1, 0.15) is 105 Å². The molecule has 1 aliphatic rings. The van der Waals surface area contributed by atoms with Crippen molar-refractivity contribution in [3.8, 4) is 45.1 Å². The molecule has 0 saturated carbocycles. The van der Waals surface area contributed by atoms with E-state index in [-0.39, 0.29) is 21.8 Å². The summed E-state index contributed by atoms with van der Waals surface area (Å²) in [6.45, 7) is 25.2. The number of benzene rings is 6. The van der Waals surface area contributed by atoms with Gasteiger partial charge >= 0.3 is 355 Å². The van der Waals surface area contributed by atoms with Crippen molar-refractivity contribution in [2.24, 2.45) is 0 Å². The predicted molar refractivity (Wildman–Crippen MR) is 268 cm³/mol. The number of fused-ring (bicyclic) bond motifs is 2. The summed E-state index contributed by atoms with van der Waals surface area (Å²) in [6.07, 6.45) is 3.99. The van der Waals surface area contributed by atoms with E-state index >= 15 is 0 Å².